The van der Waals surface area contributed by atoms with Gasteiger partial charge in [-0.3, -0.25) is 0 Å². The van der Waals surface area contributed by atoms with Gasteiger partial charge in [0, 0.05) is 20.8 Å². The first kappa shape index (κ1) is 13.6. The minimum Gasteiger partial charge on any atom is -0.370 e. The number of hydrogen-bond donors (Lipinski definition) is 2. The lowest BCUT2D eigenvalue weighted by Crippen LogP contribution is -2.33. The number of nitrogens with one attached hydrogen (secondary N) is 1. The second kappa shape index (κ2) is 6.92. The lowest BCUT2D eigenvalue weighted by atomic mass is 10.3. The fraction of sp³-hybridized carbons (Fsp3) is 0.250. The van der Waals surface area contributed by atoms with Gasteiger partial charge in [-0.25, -0.2) is 4.99 Å². The van der Waals surface area contributed by atoms with Gasteiger partial charge in [0.05, 0.1) is 6.54 Å². The maximum atomic E-state index is 5.81. The quantitative estimate of drug-likeness (QED) is 0.646. The van der Waals surface area contributed by atoms with E-state index in [0.29, 0.717) is 12.5 Å². The van der Waals surface area contributed by atoms with Crippen molar-refractivity contribution in [3.8, 4) is 0 Å². The van der Waals surface area contributed by atoms with E-state index in [1.807, 2.05) is 11.4 Å². The molecule has 2 aromatic heterocycles. The van der Waals surface area contributed by atoms with E-state index in [4.69, 9.17) is 5.73 Å². The molecule has 0 aliphatic rings. The lowest BCUT2D eigenvalue weighted by Gasteiger charge is -2.04. The van der Waals surface area contributed by atoms with Crippen molar-refractivity contribution in [3.63, 3.8) is 0 Å². The Balaban J connectivity index is 1.74. The van der Waals surface area contributed by atoms with Crippen LogP contribution in [0.5, 0.6) is 0 Å². The minimum atomic E-state index is 0.506. The van der Waals surface area contributed by atoms with Gasteiger partial charge in [-0.1, -0.05) is 6.07 Å². The first-order chi connectivity index (χ1) is 8.75. The van der Waals surface area contributed by atoms with E-state index < -0.39 is 0 Å². The fourth-order valence-corrected chi connectivity index (χ4v) is 3.53. The highest BCUT2D eigenvalue weighted by Crippen LogP contribution is 2.23. The second-order valence-corrected chi connectivity index (χ2v) is 6.54. The normalized spacial score (nSPS) is 11.7. The monoisotopic (exact) mass is 343 g/mol. The number of thiophene rings is 2. The molecule has 0 fully saturated rings. The van der Waals surface area contributed by atoms with Gasteiger partial charge in [0.25, 0.3) is 0 Å². The maximum absolute atomic E-state index is 5.81. The van der Waals surface area contributed by atoms with Crippen molar-refractivity contribution in [1.82, 2.24) is 5.32 Å². The van der Waals surface area contributed by atoms with Crippen LogP contribution >= 0.6 is 38.6 Å². The molecule has 2 heterocycles. The van der Waals surface area contributed by atoms with E-state index in [0.717, 1.165) is 17.4 Å². The summed E-state index contributed by atoms with van der Waals surface area (Å²) in [5, 5.41) is 7.25. The number of halogens is 1. The zero-order valence-electron chi connectivity index (χ0n) is 9.73. The molecule has 0 radical (unpaired) electrons. The Morgan fingerprint density at radius 1 is 1.33 bits per heavy atom. The van der Waals surface area contributed by atoms with Gasteiger partial charge in [0.2, 0.25) is 0 Å². The Bertz CT molecular complexity index is 505. The van der Waals surface area contributed by atoms with Crippen molar-refractivity contribution >= 4 is 44.6 Å². The predicted molar refractivity (Wildman–Crippen MR) is 83.4 cm³/mol. The van der Waals surface area contributed by atoms with Gasteiger partial charge in [0.15, 0.2) is 5.96 Å². The molecule has 2 aromatic rings. The van der Waals surface area contributed by atoms with Gasteiger partial charge < -0.3 is 11.1 Å². The number of nitrogens with two attached hydrogens (primary N) is 1. The van der Waals surface area contributed by atoms with E-state index in [2.05, 4.69) is 43.8 Å². The number of aliphatic imine (C=N–C) groups is 1. The number of rotatable bonds is 5. The molecule has 0 spiro atoms. The summed E-state index contributed by atoms with van der Waals surface area (Å²) in [5.41, 5.74) is 5.81. The standard InChI is InChI=1S/C12H14BrN3S2/c13-10-4-7-18-11(10)8-16-12(14)15-5-3-9-2-1-6-17-9/h1-2,4,6-7H,3,5,8H2,(H3,14,15,16). The van der Waals surface area contributed by atoms with Crippen LogP contribution in [-0.4, -0.2) is 12.5 Å². The van der Waals surface area contributed by atoms with Gasteiger partial charge in [-0.2, -0.15) is 0 Å². The van der Waals surface area contributed by atoms with Crippen molar-refractivity contribution < 1.29 is 0 Å². The second-order valence-electron chi connectivity index (χ2n) is 3.65. The molecule has 0 atom stereocenters. The molecule has 0 amide bonds. The first-order valence-electron chi connectivity index (χ1n) is 5.54. The smallest absolute Gasteiger partial charge is 0.188 e. The molecule has 0 saturated carbocycles. The maximum Gasteiger partial charge on any atom is 0.188 e. The summed E-state index contributed by atoms with van der Waals surface area (Å²) in [6, 6.07) is 6.21. The highest BCUT2D eigenvalue weighted by atomic mass is 79.9. The summed E-state index contributed by atoms with van der Waals surface area (Å²) in [6.07, 6.45) is 0.983. The van der Waals surface area contributed by atoms with Crippen LogP contribution in [0.1, 0.15) is 9.75 Å². The molecule has 0 aliphatic heterocycles. The van der Waals surface area contributed by atoms with Crippen LogP contribution in [0.3, 0.4) is 0 Å². The van der Waals surface area contributed by atoms with Crippen molar-refractivity contribution in [3.05, 3.63) is 43.2 Å². The Morgan fingerprint density at radius 3 is 2.89 bits per heavy atom. The third kappa shape index (κ3) is 4.12. The summed E-state index contributed by atoms with van der Waals surface area (Å²) in [4.78, 5) is 6.86. The van der Waals surface area contributed by atoms with Crippen LogP contribution in [0.4, 0.5) is 0 Å². The highest BCUT2D eigenvalue weighted by Gasteiger charge is 2.00. The van der Waals surface area contributed by atoms with E-state index in [1.165, 1.54) is 9.75 Å². The molecular weight excluding hydrogens is 330 g/mol. The minimum absolute atomic E-state index is 0.506. The predicted octanol–water partition coefficient (Wildman–Crippen LogP) is 3.22. The molecule has 0 aliphatic carbocycles. The third-order valence-corrected chi connectivity index (χ3v) is 5.19. The number of guanidine groups is 1. The van der Waals surface area contributed by atoms with Crippen LogP contribution in [0.25, 0.3) is 0 Å². The summed E-state index contributed by atoms with van der Waals surface area (Å²) < 4.78 is 1.10. The van der Waals surface area contributed by atoms with Gasteiger partial charge >= 0.3 is 0 Å². The van der Waals surface area contributed by atoms with Gasteiger partial charge in [-0.15, -0.1) is 22.7 Å². The van der Waals surface area contributed by atoms with Gasteiger partial charge in [0.1, 0.15) is 0 Å². The Labute approximate surface area is 123 Å². The Hall–Kier alpha value is -0.850. The Kier molecular flexibility index (Phi) is 5.22. The third-order valence-electron chi connectivity index (χ3n) is 2.34. The zero-order valence-corrected chi connectivity index (χ0v) is 12.9. The Morgan fingerprint density at radius 2 is 2.22 bits per heavy atom. The zero-order chi connectivity index (χ0) is 12.8. The van der Waals surface area contributed by atoms with Crippen LogP contribution in [0.15, 0.2) is 38.4 Å². The molecule has 3 N–H and O–H groups in total. The summed E-state index contributed by atoms with van der Waals surface area (Å²) >= 11 is 6.92. The van der Waals surface area contributed by atoms with E-state index in [1.54, 1.807) is 22.7 Å². The molecule has 0 aromatic carbocycles. The summed E-state index contributed by atoms with van der Waals surface area (Å²) in [7, 11) is 0. The van der Waals surface area contributed by atoms with E-state index in [-0.39, 0.29) is 0 Å². The summed E-state index contributed by atoms with van der Waals surface area (Å²) in [6.45, 7) is 1.44. The largest absolute Gasteiger partial charge is 0.370 e. The molecule has 6 heteroatoms. The van der Waals surface area contributed by atoms with Crippen LogP contribution in [0, 0.1) is 0 Å². The summed E-state index contributed by atoms with van der Waals surface area (Å²) in [5.74, 6) is 0.506. The van der Waals surface area contributed by atoms with Crippen LogP contribution < -0.4 is 11.1 Å². The first-order valence-corrected chi connectivity index (χ1v) is 8.09. The molecule has 96 valence electrons. The molecule has 3 nitrogen and oxygen atoms in total. The van der Waals surface area contributed by atoms with Crippen LogP contribution in [0.2, 0.25) is 0 Å². The van der Waals surface area contributed by atoms with Crippen molar-refractivity contribution in [2.24, 2.45) is 10.7 Å². The molecule has 18 heavy (non-hydrogen) atoms. The average Bonchev–Trinajstić information content (AvgIpc) is 2.98. The molecule has 0 bridgehead atoms. The average molecular weight is 344 g/mol. The number of hydrogen-bond acceptors (Lipinski definition) is 3. The fourth-order valence-electron chi connectivity index (χ4n) is 1.42. The van der Waals surface area contributed by atoms with Crippen molar-refractivity contribution in [2.75, 3.05) is 6.54 Å². The number of nitrogens with zero attached hydrogens (tertiary/aromatic N) is 1. The van der Waals surface area contributed by atoms with E-state index >= 15 is 0 Å². The van der Waals surface area contributed by atoms with E-state index in [9.17, 15) is 0 Å². The van der Waals surface area contributed by atoms with Gasteiger partial charge in [-0.05, 0) is 45.2 Å². The lowest BCUT2D eigenvalue weighted by molar-refractivity contribution is 0.858. The highest BCUT2D eigenvalue weighted by molar-refractivity contribution is 9.10. The molecular formula is C12H14BrN3S2. The topological polar surface area (TPSA) is 50.4 Å². The SMILES string of the molecule is NC(=NCc1sccc1Br)NCCc1cccs1. The molecule has 0 unspecified atom stereocenters. The van der Waals surface area contributed by atoms with Crippen molar-refractivity contribution in [2.45, 2.75) is 13.0 Å². The molecule has 0 saturated heterocycles. The van der Waals surface area contributed by atoms with Crippen LogP contribution in [-0.2, 0) is 13.0 Å². The molecule has 2 rings (SSSR count). The van der Waals surface area contributed by atoms with Crippen molar-refractivity contribution in [1.29, 1.82) is 0 Å².